The number of hydrogen-bond donors (Lipinski definition) is 2. The fourth-order valence-corrected chi connectivity index (χ4v) is 8.13. The van der Waals surface area contributed by atoms with E-state index in [0.29, 0.717) is 31.2 Å². The molecule has 2 aliphatic carbocycles. The van der Waals surface area contributed by atoms with Crippen molar-refractivity contribution in [2.45, 2.75) is 63.0 Å². The number of carbonyl (C=O) groups excluding carboxylic acids is 1. The van der Waals surface area contributed by atoms with Gasteiger partial charge in [-0.25, -0.2) is 4.31 Å². The molecule has 4 aliphatic rings. The fraction of sp³-hybridized carbons (Fsp3) is 0.545. The molecule has 1 saturated carbocycles. The van der Waals surface area contributed by atoms with Gasteiger partial charge < -0.3 is 19.5 Å². The first-order valence-electron chi connectivity index (χ1n) is 15.3. The van der Waals surface area contributed by atoms with Gasteiger partial charge in [0.2, 0.25) is 0 Å². The first-order valence-corrected chi connectivity index (χ1v) is 16.4. The second kappa shape index (κ2) is 12.8. The molecule has 9 heteroatoms. The standard InChI is InChI=1S/C33H42ClN3O4S/c1-22-5-3-7-30(38)27-11-8-25(27)19-36-20-33(14-4-6-23-17-26(34)10-12-28(23)33)21-41-31-13-9-24(18-29(31)36)32(39)35-42-37(22)15-16-40-2/h3,7,9-10,12-13,17-18,22,25,27,30,38H,4-6,8,11,14-16,19-21H2,1-2H3,(H,35,39)/b7-3-/t22-,25-,27+,30-,33-/m0/s1. The molecule has 2 bridgehead atoms. The van der Waals surface area contributed by atoms with Crippen molar-refractivity contribution in [3.63, 3.8) is 0 Å². The molecule has 2 N–H and O–H groups in total. The number of nitrogens with one attached hydrogen (secondary N) is 1. The van der Waals surface area contributed by atoms with Crippen LogP contribution in [-0.4, -0.2) is 67.4 Å². The van der Waals surface area contributed by atoms with Gasteiger partial charge in [0.1, 0.15) is 5.75 Å². The van der Waals surface area contributed by atoms with E-state index in [1.165, 1.54) is 23.3 Å². The monoisotopic (exact) mass is 611 g/mol. The molecular weight excluding hydrogens is 570 g/mol. The molecule has 7 nitrogen and oxygen atoms in total. The molecule has 6 rings (SSSR count). The summed E-state index contributed by atoms with van der Waals surface area (Å²) < 4.78 is 17.1. The van der Waals surface area contributed by atoms with Gasteiger partial charge >= 0.3 is 0 Å². The molecule has 0 radical (unpaired) electrons. The molecule has 5 atom stereocenters. The van der Waals surface area contributed by atoms with Crippen LogP contribution in [0.3, 0.4) is 0 Å². The first-order chi connectivity index (χ1) is 20.4. The van der Waals surface area contributed by atoms with Gasteiger partial charge in [0, 0.05) is 60.9 Å². The summed E-state index contributed by atoms with van der Waals surface area (Å²) in [6.45, 7) is 5.56. The maximum atomic E-state index is 13.5. The van der Waals surface area contributed by atoms with Gasteiger partial charge in [-0.15, -0.1) is 0 Å². The molecule has 2 aromatic carbocycles. The minimum atomic E-state index is -0.468. The van der Waals surface area contributed by atoms with E-state index in [4.69, 9.17) is 21.1 Å². The van der Waals surface area contributed by atoms with Crippen molar-refractivity contribution in [1.82, 2.24) is 9.03 Å². The van der Waals surface area contributed by atoms with Crippen LogP contribution in [0.25, 0.3) is 0 Å². The van der Waals surface area contributed by atoms with Crippen LogP contribution >= 0.6 is 23.7 Å². The topological polar surface area (TPSA) is 74.3 Å². The summed E-state index contributed by atoms with van der Waals surface area (Å²) in [5, 5.41) is 12.0. The Morgan fingerprint density at radius 2 is 2.12 bits per heavy atom. The van der Waals surface area contributed by atoms with E-state index < -0.39 is 6.10 Å². The molecule has 0 unspecified atom stereocenters. The van der Waals surface area contributed by atoms with Crippen LogP contribution in [0.15, 0.2) is 48.6 Å². The van der Waals surface area contributed by atoms with Gasteiger partial charge in [-0.3, -0.25) is 9.52 Å². The average molecular weight is 612 g/mol. The zero-order valence-electron chi connectivity index (χ0n) is 24.6. The molecule has 0 saturated heterocycles. The number of ether oxygens (including phenoxy) is 2. The Labute approximate surface area is 258 Å². The maximum absolute atomic E-state index is 13.5. The Kier molecular flexibility index (Phi) is 9.08. The van der Waals surface area contributed by atoms with E-state index in [2.05, 4.69) is 39.1 Å². The molecule has 2 heterocycles. The Morgan fingerprint density at radius 3 is 2.93 bits per heavy atom. The van der Waals surface area contributed by atoms with Crippen molar-refractivity contribution < 1.29 is 19.4 Å². The number of rotatable bonds is 3. The third-order valence-electron chi connectivity index (χ3n) is 9.74. The fourth-order valence-electron chi connectivity index (χ4n) is 7.18. The highest BCUT2D eigenvalue weighted by atomic mass is 35.5. The molecule has 2 aromatic rings. The van der Waals surface area contributed by atoms with Gasteiger partial charge in [-0.2, -0.15) is 0 Å². The Balaban J connectivity index is 1.36. The molecule has 1 spiro atoms. The summed E-state index contributed by atoms with van der Waals surface area (Å²) in [6.07, 6.45) is 9.63. The lowest BCUT2D eigenvalue weighted by atomic mass is 9.68. The number of nitrogens with zero attached hydrogens (tertiary/aromatic N) is 2. The molecule has 42 heavy (non-hydrogen) atoms. The summed E-state index contributed by atoms with van der Waals surface area (Å²) in [7, 11) is 1.69. The number of hydrogen-bond acceptors (Lipinski definition) is 7. The van der Waals surface area contributed by atoms with Crippen LogP contribution in [0.2, 0.25) is 5.02 Å². The Morgan fingerprint density at radius 1 is 1.24 bits per heavy atom. The zero-order chi connectivity index (χ0) is 29.3. The quantitative estimate of drug-likeness (QED) is 0.336. The Bertz CT molecular complexity index is 1320. The van der Waals surface area contributed by atoms with Crippen molar-refractivity contribution in [1.29, 1.82) is 0 Å². The molecular formula is C33H42ClN3O4S. The van der Waals surface area contributed by atoms with Crippen LogP contribution in [0.1, 0.15) is 60.5 Å². The summed E-state index contributed by atoms with van der Waals surface area (Å²) in [5.41, 5.74) is 4.03. The predicted octanol–water partition coefficient (Wildman–Crippen LogP) is 5.79. The van der Waals surface area contributed by atoms with Crippen molar-refractivity contribution in [2.24, 2.45) is 11.8 Å². The number of amides is 1. The van der Waals surface area contributed by atoms with Crippen LogP contribution in [-0.2, 0) is 16.6 Å². The highest BCUT2D eigenvalue weighted by Gasteiger charge is 2.44. The number of carbonyl (C=O) groups is 1. The number of fused-ring (bicyclic) bond motifs is 4. The van der Waals surface area contributed by atoms with Gasteiger partial charge in [0.15, 0.2) is 0 Å². The van der Waals surface area contributed by atoms with Crippen molar-refractivity contribution >= 4 is 35.3 Å². The van der Waals surface area contributed by atoms with E-state index in [9.17, 15) is 9.90 Å². The molecule has 1 amide bonds. The normalized spacial score (nSPS) is 30.8. The van der Waals surface area contributed by atoms with Crippen molar-refractivity contribution in [2.75, 3.05) is 44.9 Å². The number of aryl methyl sites for hydroxylation is 1. The van der Waals surface area contributed by atoms with E-state index >= 15 is 0 Å². The number of aliphatic hydroxyl groups excluding tert-OH is 1. The first kappa shape index (κ1) is 29.8. The third kappa shape index (κ3) is 6.06. The molecule has 226 valence electrons. The highest BCUT2D eigenvalue weighted by molar-refractivity contribution is 7.95. The van der Waals surface area contributed by atoms with E-state index in [1.807, 2.05) is 30.3 Å². The smallest absolute Gasteiger partial charge is 0.262 e. The summed E-state index contributed by atoms with van der Waals surface area (Å²) >= 11 is 7.73. The lowest BCUT2D eigenvalue weighted by molar-refractivity contribution is 0.0455. The van der Waals surface area contributed by atoms with Crippen LogP contribution in [0, 0.1) is 11.8 Å². The molecule has 0 aromatic heterocycles. The Hall–Kier alpha value is -2.23. The molecule has 2 aliphatic heterocycles. The van der Waals surface area contributed by atoms with Gasteiger partial charge in [-0.05, 0) is 98.7 Å². The number of methoxy groups -OCH3 is 1. The van der Waals surface area contributed by atoms with Crippen LogP contribution in [0.5, 0.6) is 5.75 Å². The lowest BCUT2D eigenvalue weighted by Gasteiger charge is -2.45. The maximum Gasteiger partial charge on any atom is 0.262 e. The van der Waals surface area contributed by atoms with E-state index in [-0.39, 0.29) is 23.3 Å². The summed E-state index contributed by atoms with van der Waals surface area (Å²) in [5.74, 6) is 1.26. The minimum Gasteiger partial charge on any atom is -0.490 e. The summed E-state index contributed by atoms with van der Waals surface area (Å²) in [4.78, 5) is 15.9. The SMILES string of the molecule is COCCN1SNC(=O)c2ccc3c(c2)N(C[C@@H]2CC[C@H]2[C@@H](O)/C=C\C[C@@H]1C)C[C@@]1(CCCc2cc(Cl)ccc21)CO3. The average Bonchev–Trinajstić information content (AvgIpc) is 3.11. The van der Waals surface area contributed by atoms with Gasteiger partial charge in [0.05, 0.1) is 25.0 Å². The zero-order valence-corrected chi connectivity index (χ0v) is 26.1. The molecule has 1 fully saturated rings. The van der Waals surface area contributed by atoms with Gasteiger partial charge in [0.25, 0.3) is 5.91 Å². The number of halogens is 1. The van der Waals surface area contributed by atoms with Crippen molar-refractivity contribution in [3.8, 4) is 5.75 Å². The summed E-state index contributed by atoms with van der Waals surface area (Å²) in [6, 6.07) is 12.3. The second-order valence-corrected chi connectivity index (χ2v) is 13.7. The number of aliphatic hydroxyl groups is 1. The second-order valence-electron chi connectivity index (χ2n) is 12.4. The predicted molar refractivity (Wildman–Crippen MR) is 169 cm³/mol. The van der Waals surface area contributed by atoms with Crippen LogP contribution in [0.4, 0.5) is 5.69 Å². The van der Waals surface area contributed by atoms with Crippen LogP contribution < -0.4 is 14.4 Å². The largest absolute Gasteiger partial charge is 0.490 e. The van der Waals surface area contributed by atoms with Gasteiger partial charge in [-0.1, -0.05) is 29.8 Å². The minimum absolute atomic E-state index is 0.131. The number of anilines is 1. The lowest BCUT2D eigenvalue weighted by Crippen LogP contribution is -2.49. The van der Waals surface area contributed by atoms with Crippen molar-refractivity contribution in [3.05, 3.63) is 70.3 Å². The number of benzene rings is 2. The van der Waals surface area contributed by atoms with E-state index in [1.54, 1.807) is 7.11 Å². The highest BCUT2D eigenvalue weighted by Crippen LogP contribution is 2.46. The van der Waals surface area contributed by atoms with E-state index in [0.717, 1.165) is 68.1 Å². The third-order valence-corrected chi connectivity index (χ3v) is 11.0.